The number of anilines is 1. The van der Waals surface area contributed by atoms with Gasteiger partial charge in [0.1, 0.15) is 6.61 Å². The standard InChI is InChI=1S/C39H41F3N4O3/c1-26(2)49-37-35-32(18-19-43-37)44-27(3)33(34(35)30-16-10-11-17-31(30)39(40,41)42)38(47)48-25-24-45-20-22-46(23-21-45)36(28-12-6-4-7-13-28)29-14-8-5-9-15-29/h4-19,26,34,36,44H,20-25H2,1-3H3. The van der Waals surface area contributed by atoms with Gasteiger partial charge in [-0.3, -0.25) is 9.80 Å². The molecule has 4 aromatic rings. The van der Waals surface area contributed by atoms with Gasteiger partial charge in [-0.2, -0.15) is 13.2 Å². The molecule has 1 atom stereocenters. The number of fused-ring (bicyclic) bond motifs is 1. The van der Waals surface area contributed by atoms with Crippen molar-refractivity contribution in [1.82, 2.24) is 14.8 Å². The predicted molar refractivity (Wildman–Crippen MR) is 183 cm³/mol. The van der Waals surface area contributed by atoms with E-state index in [9.17, 15) is 18.0 Å². The molecule has 256 valence electrons. The third-order valence-corrected chi connectivity index (χ3v) is 9.04. The van der Waals surface area contributed by atoms with Gasteiger partial charge in [-0.25, -0.2) is 9.78 Å². The lowest BCUT2D eigenvalue weighted by Gasteiger charge is -2.39. The van der Waals surface area contributed by atoms with Crippen molar-refractivity contribution in [2.75, 3.05) is 44.6 Å². The molecule has 1 unspecified atom stereocenters. The van der Waals surface area contributed by atoms with E-state index in [1.54, 1.807) is 19.1 Å². The minimum atomic E-state index is -4.64. The highest BCUT2D eigenvalue weighted by Crippen LogP contribution is 2.49. The molecule has 7 nitrogen and oxygen atoms in total. The number of esters is 1. The first kappa shape index (κ1) is 34.2. The van der Waals surface area contributed by atoms with Gasteiger partial charge in [0.25, 0.3) is 0 Å². The molecular weight excluding hydrogens is 629 g/mol. The summed E-state index contributed by atoms with van der Waals surface area (Å²) in [5.74, 6) is -1.62. The van der Waals surface area contributed by atoms with Crippen molar-refractivity contribution in [2.45, 2.75) is 45.0 Å². The molecule has 0 amide bonds. The number of pyridine rings is 1. The van der Waals surface area contributed by atoms with Crippen LogP contribution in [0.3, 0.4) is 0 Å². The van der Waals surface area contributed by atoms with Gasteiger partial charge in [0.15, 0.2) is 0 Å². The third-order valence-electron chi connectivity index (χ3n) is 9.04. The van der Waals surface area contributed by atoms with Crippen molar-refractivity contribution in [3.05, 3.63) is 136 Å². The van der Waals surface area contributed by atoms with Crippen molar-refractivity contribution < 1.29 is 27.4 Å². The number of hydrogen-bond donors (Lipinski definition) is 1. The first-order valence-electron chi connectivity index (χ1n) is 16.6. The average Bonchev–Trinajstić information content (AvgIpc) is 3.09. The number of carbonyl (C=O) groups is 1. The molecular formula is C39H41F3N4O3. The van der Waals surface area contributed by atoms with E-state index in [-0.39, 0.29) is 35.8 Å². The number of benzene rings is 3. The third kappa shape index (κ3) is 7.66. The van der Waals surface area contributed by atoms with Crippen molar-refractivity contribution >= 4 is 11.7 Å². The van der Waals surface area contributed by atoms with Crippen LogP contribution in [-0.2, 0) is 15.7 Å². The molecule has 1 fully saturated rings. The maximum absolute atomic E-state index is 14.4. The topological polar surface area (TPSA) is 66.9 Å². The number of aromatic nitrogens is 1. The molecule has 1 aromatic heterocycles. The second-order valence-corrected chi connectivity index (χ2v) is 12.7. The fraction of sp³-hybridized carbons (Fsp3) is 0.333. The molecule has 49 heavy (non-hydrogen) atoms. The quantitative estimate of drug-likeness (QED) is 0.174. The minimum absolute atomic E-state index is 0.0619. The van der Waals surface area contributed by atoms with Crippen LogP contribution >= 0.6 is 0 Å². The van der Waals surface area contributed by atoms with Gasteiger partial charge in [-0.15, -0.1) is 0 Å². The Labute approximate surface area is 285 Å². The summed E-state index contributed by atoms with van der Waals surface area (Å²) in [6, 6.07) is 28.1. The summed E-state index contributed by atoms with van der Waals surface area (Å²) >= 11 is 0. The van der Waals surface area contributed by atoms with E-state index < -0.39 is 23.6 Å². The van der Waals surface area contributed by atoms with Crippen LogP contribution < -0.4 is 10.1 Å². The summed E-state index contributed by atoms with van der Waals surface area (Å²) < 4.78 is 55.0. The number of rotatable bonds is 10. The number of ether oxygens (including phenoxy) is 2. The van der Waals surface area contributed by atoms with Gasteiger partial charge in [-0.05, 0) is 49.6 Å². The number of alkyl halides is 3. The van der Waals surface area contributed by atoms with Crippen LogP contribution in [0.4, 0.5) is 18.9 Å². The summed E-state index contributed by atoms with van der Waals surface area (Å²) in [4.78, 5) is 23.0. The Bertz CT molecular complexity index is 1730. The van der Waals surface area contributed by atoms with Crippen molar-refractivity contribution in [3.63, 3.8) is 0 Å². The predicted octanol–water partition coefficient (Wildman–Crippen LogP) is 7.67. The average molecular weight is 671 g/mol. The second-order valence-electron chi connectivity index (χ2n) is 12.7. The lowest BCUT2D eigenvalue weighted by atomic mass is 9.79. The highest BCUT2D eigenvalue weighted by molar-refractivity contribution is 5.95. The molecule has 0 spiro atoms. The van der Waals surface area contributed by atoms with Crippen LogP contribution in [0.1, 0.15) is 60.5 Å². The lowest BCUT2D eigenvalue weighted by molar-refractivity contribution is -0.141. The van der Waals surface area contributed by atoms with Crippen LogP contribution in [0.25, 0.3) is 0 Å². The Kier molecular flexibility index (Phi) is 10.4. The summed E-state index contributed by atoms with van der Waals surface area (Å²) in [6.45, 7) is 9.14. The van der Waals surface area contributed by atoms with Gasteiger partial charge in [0.2, 0.25) is 5.88 Å². The molecule has 0 aliphatic carbocycles. The molecule has 1 saturated heterocycles. The molecule has 0 saturated carbocycles. The molecule has 10 heteroatoms. The van der Waals surface area contributed by atoms with E-state index in [2.05, 4.69) is 68.6 Å². The van der Waals surface area contributed by atoms with E-state index in [1.165, 1.54) is 29.5 Å². The highest BCUT2D eigenvalue weighted by atomic mass is 19.4. The molecule has 0 bridgehead atoms. The zero-order valence-corrected chi connectivity index (χ0v) is 27.9. The van der Waals surface area contributed by atoms with Gasteiger partial charge in [0, 0.05) is 55.9 Å². The summed E-state index contributed by atoms with van der Waals surface area (Å²) in [5, 5.41) is 3.21. The molecule has 1 N–H and O–H groups in total. The van der Waals surface area contributed by atoms with Gasteiger partial charge >= 0.3 is 12.1 Å². The van der Waals surface area contributed by atoms with Crippen LogP contribution in [0.15, 0.2) is 108 Å². The number of halogens is 3. The number of nitrogens with one attached hydrogen (secondary N) is 1. The van der Waals surface area contributed by atoms with E-state index in [0.717, 1.165) is 32.2 Å². The summed E-state index contributed by atoms with van der Waals surface area (Å²) in [7, 11) is 0. The normalized spacial score (nSPS) is 17.2. The Morgan fingerprint density at radius 3 is 2.12 bits per heavy atom. The van der Waals surface area contributed by atoms with Crippen LogP contribution in [0.2, 0.25) is 0 Å². The SMILES string of the molecule is CC1=C(C(=O)OCCN2CCN(C(c3ccccc3)c3ccccc3)CC2)C(c2ccccc2C(F)(F)F)c2c(ccnc2OC(C)C)N1. The van der Waals surface area contributed by atoms with Crippen LogP contribution in [-0.4, -0.2) is 66.2 Å². The number of allylic oxidation sites excluding steroid dienone is 1. The number of hydrogen-bond acceptors (Lipinski definition) is 7. The lowest BCUT2D eigenvalue weighted by Crippen LogP contribution is -2.48. The minimum Gasteiger partial charge on any atom is -0.475 e. The van der Waals surface area contributed by atoms with Crippen LogP contribution in [0.5, 0.6) is 5.88 Å². The molecule has 3 heterocycles. The smallest absolute Gasteiger partial charge is 0.416 e. The van der Waals surface area contributed by atoms with Crippen molar-refractivity contribution in [1.29, 1.82) is 0 Å². The Morgan fingerprint density at radius 1 is 0.898 bits per heavy atom. The molecule has 0 radical (unpaired) electrons. The summed E-state index contributed by atoms with van der Waals surface area (Å²) in [5.41, 5.74) is 3.01. The first-order valence-corrected chi connectivity index (χ1v) is 16.6. The fourth-order valence-electron chi connectivity index (χ4n) is 6.85. The fourth-order valence-corrected chi connectivity index (χ4v) is 6.85. The zero-order chi connectivity index (χ0) is 34.5. The number of nitrogens with zero attached hydrogens (tertiary/aromatic N) is 3. The van der Waals surface area contributed by atoms with E-state index in [4.69, 9.17) is 9.47 Å². The van der Waals surface area contributed by atoms with E-state index >= 15 is 0 Å². The first-order chi connectivity index (χ1) is 23.6. The largest absolute Gasteiger partial charge is 0.475 e. The van der Waals surface area contributed by atoms with E-state index in [1.807, 2.05) is 26.0 Å². The maximum atomic E-state index is 14.4. The Morgan fingerprint density at radius 2 is 1.51 bits per heavy atom. The molecule has 6 rings (SSSR count). The Hall–Kier alpha value is -4.67. The van der Waals surface area contributed by atoms with Crippen LogP contribution in [0, 0.1) is 0 Å². The van der Waals surface area contributed by atoms with Crippen molar-refractivity contribution in [3.8, 4) is 5.88 Å². The van der Waals surface area contributed by atoms with Gasteiger partial charge < -0.3 is 14.8 Å². The zero-order valence-electron chi connectivity index (χ0n) is 27.9. The molecule has 2 aliphatic rings. The summed E-state index contributed by atoms with van der Waals surface area (Å²) in [6.07, 6.45) is -3.40. The number of piperazine rings is 1. The number of carbonyl (C=O) groups excluding carboxylic acids is 1. The van der Waals surface area contributed by atoms with Gasteiger partial charge in [0.05, 0.1) is 29.2 Å². The maximum Gasteiger partial charge on any atom is 0.416 e. The molecule has 3 aromatic carbocycles. The van der Waals surface area contributed by atoms with E-state index in [0.29, 0.717) is 23.5 Å². The van der Waals surface area contributed by atoms with Crippen molar-refractivity contribution in [2.24, 2.45) is 0 Å². The second kappa shape index (κ2) is 14.8. The Balaban J connectivity index is 1.18. The highest BCUT2D eigenvalue weighted by Gasteiger charge is 2.42. The monoisotopic (exact) mass is 670 g/mol. The molecule has 2 aliphatic heterocycles. The van der Waals surface area contributed by atoms with Gasteiger partial charge in [-0.1, -0.05) is 78.9 Å².